The summed E-state index contributed by atoms with van der Waals surface area (Å²) in [6, 6.07) is 2.41. The summed E-state index contributed by atoms with van der Waals surface area (Å²) in [6.45, 7) is 7.01. The fraction of sp³-hybridized carbons (Fsp3) is 0.500. The first kappa shape index (κ1) is 16.5. The molecule has 1 unspecified atom stereocenters. The Bertz CT molecular complexity index is 747. The highest BCUT2D eigenvalue weighted by atomic mass is 32.1. The van der Waals surface area contributed by atoms with Crippen molar-refractivity contribution in [3.05, 3.63) is 46.9 Å². The number of aromatic nitrogens is 3. The third-order valence-electron chi connectivity index (χ3n) is 5.39. The van der Waals surface area contributed by atoms with Gasteiger partial charge in [-0.1, -0.05) is 11.3 Å². The molecule has 3 heterocycles. The zero-order chi connectivity index (χ0) is 17.3. The lowest BCUT2D eigenvalue weighted by Crippen LogP contribution is -2.39. The van der Waals surface area contributed by atoms with Gasteiger partial charge in [-0.2, -0.15) is 11.3 Å². The third-order valence-corrected chi connectivity index (χ3v) is 6.12. The van der Waals surface area contributed by atoms with Gasteiger partial charge in [-0.05, 0) is 60.2 Å². The molecule has 2 aliphatic rings. The maximum Gasteiger partial charge on any atom is 0.276 e. The van der Waals surface area contributed by atoms with E-state index in [1.807, 2.05) is 4.90 Å². The Balaban J connectivity index is 1.56. The summed E-state index contributed by atoms with van der Waals surface area (Å²) in [4.78, 5) is 15.2. The second-order valence-corrected chi connectivity index (χ2v) is 7.79. The maximum atomic E-state index is 13.2. The fourth-order valence-electron chi connectivity index (χ4n) is 3.90. The molecule has 1 spiro atoms. The lowest BCUT2D eigenvalue weighted by molar-refractivity contribution is 0.0686. The molecule has 2 aromatic heterocycles. The number of rotatable bonds is 6. The number of hydrogen-bond acceptors (Lipinski definition) is 5. The van der Waals surface area contributed by atoms with Crippen LogP contribution in [0.3, 0.4) is 0 Å². The van der Waals surface area contributed by atoms with Crippen LogP contribution in [-0.2, 0) is 13.1 Å². The van der Waals surface area contributed by atoms with Gasteiger partial charge < -0.3 is 10.2 Å². The van der Waals surface area contributed by atoms with Crippen molar-refractivity contribution in [3.8, 4) is 0 Å². The van der Waals surface area contributed by atoms with E-state index in [1.165, 1.54) is 5.56 Å². The first-order valence-corrected chi connectivity index (χ1v) is 9.70. The zero-order valence-electron chi connectivity index (χ0n) is 14.2. The van der Waals surface area contributed by atoms with Crippen LogP contribution in [0.25, 0.3) is 0 Å². The quantitative estimate of drug-likeness (QED) is 0.806. The molecular formula is C18H23N5OS. The van der Waals surface area contributed by atoms with E-state index in [0.29, 0.717) is 30.2 Å². The lowest BCUT2D eigenvalue weighted by Gasteiger charge is -2.29. The van der Waals surface area contributed by atoms with Crippen molar-refractivity contribution < 1.29 is 4.79 Å². The van der Waals surface area contributed by atoms with Crippen LogP contribution in [0.15, 0.2) is 35.7 Å². The smallest absolute Gasteiger partial charge is 0.276 e. The first-order chi connectivity index (χ1) is 12.2. The highest BCUT2D eigenvalue weighted by Gasteiger charge is 2.58. The van der Waals surface area contributed by atoms with Crippen LogP contribution >= 0.6 is 11.3 Å². The van der Waals surface area contributed by atoms with Crippen LogP contribution in [0, 0.1) is 5.41 Å². The van der Waals surface area contributed by atoms with E-state index in [-0.39, 0.29) is 5.91 Å². The molecule has 1 atom stereocenters. The fourth-order valence-corrected chi connectivity index (χ4v) is 4.56. The normalized spacial score (nSPS) is 21.2. The highest BCUT2D eigenvalue weighted by molar-refractivity contribution is 7.07. The van der Waals surface area contributed by atoms with Crippen molar-refractivity contribution in [1.82, 2.24) is 25.2 Å². The zero-order valence-corrected chi connectivity index (χ0v) is 15.0. The van der Waals surface area contributed by atoms with Gasteiger partial charge in [0.05, 0.1) is 12.7 Å². The second kappa shape index (κ2) is 6.72. The minimum Gasteiger partial charge on any atom is -0.329 e. The summed E-state index contributed by atoms with van der Waals surface area (Å²) in [5, 5.41) is 15.7. The van der Waals surface area contributed by atoms with Crippen LogP contribution in [0.1, 0.15) is 35.3 Å². The highest BCUT2D eigenvalue weighted by Crippen LogP contribution is 2.56. The number of allylic oxidation sites excluding steroid dienone is 1. The topological polar surface area (TPSA) is 63.1 Å². The molecule has 2 fully saturated rings. The van der Waals surface area contributed by atoms with E-state index in [2.05, 4.69) is 39.0 Å². The van der Waals surface area contributed by atoms with Gasteiger partial charge in [0.2, 0.25) is 0 Å². The monoisotopic (exact) mass is 357 g/mol. The van der Waals surface area contributed by atoms with Crippen molar-refractivity contribution >= 4 is 17.2 Å². The minimum absolute atomic E-state index is 0.0121. The van der Waals surface area contributed by atoms with Gasteiger partial charge in [0.15, 0.2) is 5.69 Å². The average Bonchev–Trinajstić information content (AvgIpc) is 3.04. The van der Waals surface area contributed by atoms with E-state index in [0.717, 1.165) is 32.4 Å². The summed E-state index contributed by atoms with van der Waals surface area (Å²) in [6.07, 6.45) is 6.87. The minimum atomic E-state index is -0.0121. The molecule has 1 aliphatic carbocycles. The molecule has 0 bridgehead atoms. The van der Waals surface area contributed by atoms with Crippen molar-refractivity contribution in [2.75, 3.05) is 13.1 Å². The van der Waals surface area contributed by atoms with E-state index >= 15 is 0 Å². The number of carbonyl (C=O) groups excluding carboxylic acids is 1. The average molecular weight is 357 g/mol. The summed E-state index contributed by atoms with van der Waals surface area (Å²) in [5.41, 5.74) is 1.91. The summed E-state index contributed by atoms with van der Waals surface area (Å²) < 4.78 is 1.65. The van der Waals surface area contributed by atoms with Crippen molar-refractivity contribution in [2.24, 2.45) is 5.41 Å². The van der Waals surface area contributed by atoms with Crippen LogP contribution in [0.2, 0.25) is 0 Å². The number of piperidine rings is 1. The Morgan fingerprint density at radius 2 is 2.36 bits per heavy atom. The number of thiophene rings is 1. The SMILES string of the molecule is C=CCn1cc(C(=O)N(Cc2ccsc2)C2CC23CCNCC3)nn1. The van der Waals surface area contributed by atoms with Gasteiger partial charge in [-0.25, -0.2) is 4.68 Å². The van der Waals surface area contributed by atoms with Crippen molar-refractivity contribution in [2.45, 2.75) is 38.4 Å². The maximum absolute atomic E-state index is 13.2. The first-order valence-electron chi connectivity index (χ1n) is 8.76. The molecule has 1 amide bonds. The van der Waals surface area contributed by atoms with Gasteiger partial charge in [-0.15, -0.1) is 11.7 Å². The predicted molar refractivity (Wildman–Crippen MR) is 97.4 cm³/mol. The van der Waals surface area contributed by atoms with E-state index in [4.69, 9.17) is 0 Å². The number of nitrogens with one attached hydrogen (secondary N) is 1. The Kier molecular flexibility index (Phi) is 4.43. The van der Waals surface area contributed by atoms with E-state index in [1.54, 1.807) is 28.3 Å². The molecule has 1 saturated carbocycles. The largest absolute Gasteiger partial charge is 0.329 e. The Labute approximate surface area is 151 Å². The third kappa shape index (κ3) is 3.26. The van der Waals surface area contributed by atoms with Crippen LogP contribution in [-0.4, -0.2) is 44.9 Å². The predicted octanol–water partition coefficient (Wildman–Crippen LogP) is 2.31. The van der Waals surface area contributed by atoms with Gasteiger partial charge >= 0.3 is 0 Å². The molecule has 2 aromatic rings. The number of carbonyl (C=O) groups is 1. The molecule has 25 heavy (non-hydrogen) atoms. The number of nitrogens with zero attached hydrogens (tertiary/aromatic N) is 4. The van der Waals surface area contributed by atoms with Gasteiger partial charge in [-0.3, -0.25) is 4.79 Å². The molecule has 6 nitrogen and oxygen atoms in total. The van der Waals surface area contributed by atoms with Crippen LogP contribution < -0.4 is 5.32 Å². The molecule has 4 rings (SSSR count). The van der Waals surface area contributed by atoms with E-state index in [9.17, 15) is 4.79 Å². The molecule has 1 saturated heterocycles. The molecular weight excluding hydrogens is 334 g/mol. The second-order valence-electron chi connectivity index (χ2n) is 7.01. The van der Waals surface area contributed by atoms with Crippen LogP contribution in [0.5, 0.6) is 0 Å². The van der Waals surface area contributed by atoms with Gasteiger partial charge in [0.25, 0.3) is 5.91 Å². The Hall–Kier alpha value is -1.99. The standard InChI is InChI=1S/C18H23N5OS/c1-2-8-22-12-15(20-21-22)17(24)23(11-14-3-9-25-13-14)16-10-18(16)4-6-19-7-5-18/h2-3,9,12-13,16,19H,1,4-8,10-11H2. The molecule has 1 N–H and O–H groups in total. The van der Waals surface area contributed by atoms with Gasteiger partial charge in [0, 0.05) is 12.6 Å². The van der Waals surface area contributed by atoms with Crippen molar-refractivity contribution in [1.29, 1.82) is 0 Å². The summed E-state index contributed by atoms with van der Waals surface area (Å²) >= 11 is 1.67. The Morgan fingerprint density at radius 3 is 3.08 bits per heavy atom. The molecule has 0 aromatic carbocycles. The van der Waals surface area contributed by atoms with Crippen LogP contribution in [0.4, 0.5) is 0 Å². The summed E-state index contributed by atoms with van der Waals surface area (Å²) in [7, 11) is 0. The molecule has 132 valence electrons. The summed E-state index contributed by atoms with van der Waals surface area (Å²) in [5.74, 6) is -0.0121. The van der Waals surface area contributed by atoms with Gasteiger partial charge in [0.1, 0.15) is 0 Å². The molecule has 0 radical (unpaired) electrons. The number of hydrogen-bond donors (Lipinski definition) is 1. The molecule has 1 aliphatic heterocycles. The number of amides is 1. The molecule has 7 heteroatoms. The van der Waals surface area contributed by atoms with E-state index < -0.39 is 0 Å². The Morgan fingerprint density at radius 1 is 1.52 bits per heavy atom. The van der Waals surface area contributed by atoms with Crippen molar-refractivity contribution in [3.63, 3.8) is 0 Å². The lowest BCUT2D eigenvalue weighted by atomic mass is 9.93.